The molecule has 0 atom stereocenters. The van der Waals surface area contributed by atoms with Crippen molar-refractivity contribution in [2.24, 2.45) is 5.41 Å². The highest BCUT2D eigenvalue weighted by molar-refractivity contribution is 14.1. The largest absolute Gasteiger partial charge is 0.375 e. The van der Waals surface area contributed by atoms with Crippen LogP contribution in [0.5, 0.6) is 0 Å². The van der Waals surface area contributed by atoms with E-state index in [9.17, 15) is 18.0 Å². The molecule has 1 aliphatic rings. The summed E-state index contributed by atoms with van der Waals surface area (Å²) < 4.78 is 49.1. The Morgan fingerprint density at radius 1 is 1.17 bits per heavy atom. The van der Waals surface area contributed by atoms with Gasteiger partial charge in [-0.2, -0.15) is 0 Å². The third kappa shape index (κ3) is 4.74. The zero-order valence-electron chi connectivity index (χ0n) is 17.3. The number of nitrogens with one attached hydrogen (secondary N) is 1. The van der Waals surface area contributed by atoms with E-state index in [4.69, 9.17) is 4.74 Å². The van der Waals surface area contributed by atoms with Crippen LogP contribution in [0, 0.1) is 26.4 Å². The number of nitrogens with zero attached hydrogens (tertiary/aromatic N) is 1. The lowest BCUT2D eigenvalue weighted by molar-refractivity contribution is -0.127. The molecular formula is C22H24F3IN2O2. The first kappa shape index (κ1) is 22.9. The number of hydrogen-bond acceptors (Lipinski definition) is 3. The van der Waals surface area contributed by atoms with Crippen molar-refractivity contribution in [2.45, 2.75) is 32.8 Å². The van der Waals surface area contributed by atoms with Gasteiger partial charge >= 0.3 is 0 Å². The monoisotopic (exact) mass is 532 g/mol. The van der Waals surface area contributed by atoms with Crippen LogP contribution in [-0.4, -0.2) is 36.6 Å². The molecule has 4 nitrogen and oxygen atoms in total. The summed E-state index contributed by atoms with van der Waals surface area (Å²) in [6.45, 7) is 6.95. The average molecular weight is 532 g/mol. The summed E-state index contributed by atoms with van der Waals surface area (Å²) in [6.07, 6.45) is 0.747. The molecule has 0 saturated carbocycles. The average Bonchev–Trinajstić information content (AvgIpc) is 2.62. The molecule has 0 spiro atoms. The number of amides is 1. The van der Waals surface area contributed by atoms with Gasteiger partial charge < -0.3 is 15.0 Å². The number of likely N-dealkylation sites (tertiary alicyclic amines) is 1. The predicted octanol–water partition coefficient (Wildman–Crippen LogP) is 5.73. The predicted molar refractivity (Wildman–Crippen MR) is 118 cm³/mol. The van der Waals surface area contributed by atoms with Crippen molar-refractivity contribution in [1.82, 2.24) is 4.90 Å². The highest BCUT2D eigenvalue weighted by atomic mass is 127. The molecule has 162 valence electrons. The van der Waals surface area contributed by atoms with Gasteiger partial charge in [-0.05, 0) is 64.8 Å². The van der Waals surface area contributed by atoms with E-state index in [2.05, 4.69) is 26.1 Å². The summed E-state index contributed by atoms with van der Waals surface area (Å²) in [4.78, 5) is 14.6. The Hall–Kier alpha value is -1.81. The van der Waals surface area contributed by atoms with E-state index < -0.39 is 29.0 Å². The normalized spacial score (nSPS) is 15.7. The van der Waals surface area contributed by atoms with Crippen LogP contribution in [0.1, 0.15) is 37.6 Å². The number of carbonyl (C=O) groups is 1. The Labute approximate surface area is 187 Å². The van der Waals surface area contributed by atoms with Gasteiger partial charge in [-0.25, -0.2) is 13.2 Å². The third-order valence-corrected chi connectivity index (χ3v) is 5.72. The minimum absolute atomic E-state index is 0.00218. The maximum absolute atomic E-state index is 14.6. The van der Waals surface area contributed by atoms with Gasteiger partial charge in [0.2, 0.25) is 0 Å². The Kier molecular flexibility index (Phi) is 6.38. The van der Waals surface area contributed by atoms with E-state index in [0.29, 0.717) is 16.7 Å². The molecule has 0 aromatic heterocycles. The smallest absolute Gasteiger partial charge is 0.256 e. The lowest BCUT2D eigenvalue weighted by atomic mass is 9.77. The van der Waals surface area contributed by atoms with Crippen molar-refractivity contribution in [2.75, 3.05) is 25.5 Å². The van der Waals surface area contributed by atoms with Crippen molar-refractivity contribution < 1.29 is 22.7 Å². The molecule has 1 amide bonds. The first-order chi connectivity index (χ1) is 13.9. The topological polar surface area (TPSA) is 41.6 Å². The summed E-state index contributed by atoms with van der Waals surface area (Å²) in [5, 5.41) is 2.56. The number of methoxy groups -OCH3 is 1. The number of halogens is 4. The van der Waals surface area contributed by atoms with Crippen molar-refractivity contribution in [3.05, 3.63) is 56.9 Å². The Morgan fingerprint density at radius 2 is 1.83 bits per heavy atom. The first-order valence-corrected chi connectivity index (χ1v) is 10.6. The molecule has 0 aliphatic carbocycles. The van der Waals surface area contributed by atoms with E-state index in [1.165, 1.54) is 23.1 Å². The SMILES string of the molecule is COC1(CC(C)(C)C)CN(C(=O)c2ccc(F)c(F)c2Nc2ccc(I)cc2F)C1. The lowest BCUT2D eigenvalue weighted by Gasteiger charge is -2.51. The molecule has 0 bridgehead atoms. The summed E-state index contributed by atoms with van der Waals surface area (Å²) in [5.74, 6) is -3.45. The number of anilines is 2. The molecule has 1 aliphatic heterocycles. The van der Waals surface area contributed by atoms with Gasteiger partial charge in [-0.3, -0.25) is 4.79 Å². The molecule has 30 heavy (non-hydrogen) atoms. The van der Waals surface area contributed by atoms with Crippen molar-refractivity contribution in [3.8, 4) is 0 Å². The van der Waals surface area contributed by atoms with Crippen LogP contribution < -0.4 is 5.32 Å². The maximum atomic E-state index is 14.6. The minimum Gasteiger partial charge on any atom is -0.375 e. The van der Waals surface area contributed by atoms with E-state index in [0.717, 1.165) is 12.5 Å². The van der Waals surface area contributed by atoms with Gasteiger partial charge in [0.1, 0.15) is 11.4 Å². The van der Waals surface area contributed by atoms with Crippen molar-refractivity contribution in [3.63, 3.8) is 0 Å². The fourth-order valence-corrected chi connectivity index (χ4v) is 4.27. The molecule has 1 heterocycles. The van der Waals surface area contributed by atoms with Crippen LogP contribution in [-0.2, 0) is 4.74 Å². The Balaban J connectivity index is 1.88. The Morgan fingerprint density at radius 3 is 2.40 bits per heavy atom. The number of hydrogen-bond donors (Lipinski definition) is 1. The zero-order chi connectivity index (χ0) is 22.3. The van der Waals surface area contributed by atoms with E-state index >= 15 is 0 Å². The second-order valence-electron chi connectivity index (χ2n) is 8.82. The van der Waals surface area contributed by atoms with Gasteiger partial charge in [0.15, 0.2) is 11.6 Å². The number of carbonyl (C=O) groups excluding carboxylic acids is 1. The summed E-state index contributed by atoms with van der Waals surface area (Å²) >= 11 is 1.94. The van der Waals surface area contributed by atoms with Crippen LogP contribution in [0.4, 0.5) is 24.5 Å². The lowest BCUT2D eigenvalue weighted by Crippen LogP contribution is -2.65. The van der Waals surface area contributed by atoms with Gasteiger partial charge in [0, 0.05) is 10.7 Å². The van der Waals surface area contributed by atoms with Gasteiger partial charge in [-0.15, -0.1) is 0 Å². The minimum atomic E-state index is -1.23. The molecule has 2 aromatic rings. The standard InChI is InChI=1S/C22H24F3IN2O2/c1-21(2,3)10-22(30-4)11-28(12-22)20(29)14-6-7-15(23)18(25)19(14)27-17-8-5-13(26)9-16(17)24/h5-9,27H,10-12H2,1-4H3. The second kappa shape index (κ2) is 8.37. The highest BCUT2D eigenvalue weighted by Crippen LogP contribution is 2.38. The number of ether oxygens (including phenoxy) is 1. The second-order valence-corrected chi connectivity index (χ2v) is 10.1. The molecule has 2 aromatic carbocycles. The fourth-order valence-electron chi connectivity index (χ4n) is 3.82. The molecule has 0 radical (unpaired) electrons. The number of benzene rings is 2. The molecule has 1 saturated heterocycles. The Bertz CT molecular complexity index is 970. The molecule has 3 rings (SSSR count). The maximum Gasteiger partial charge on any atom is 0.256 e. The summed E-state index contributed by atoms with van der Waals surface area (Å²) in [6, 6.07) is 6.41. The molecular weight excluding hydrogens is 508 g/mol. The van der Waals surface area contributed by atoms with Gasteiger partial charge in [0.05, 0.1) is 30.0 Å². The molecule has 0 unspecified atom stereocenters. The summed E-state index contributed by atoms with van der Waals surface area (Å²) in [5.41, 5.74) is -0.959. The van der Waals surface area contributed by atoms with Crippen LogP contribution >= 0.6 is 22.6 Å². The van der Waals surface area contributed by atoms with Crippen molar-refractivity contribution in [1.29, 1.82) is 0 Å². The van der Waals surface area contributed by atoms with Crippen LogP contribution in [0.25, 0.3) is 0 Å². The molecule has 1 fully saturated rings. The van der Waals surface area contributed by atoms with E-state index in [1.807, 2.05) is 22.6 Å². The molecule has 8 heteroatoms. The summed E-state index contributed by atoms with van der Waals surface area (Å²) in [7, 11) is 1.61. The van der Waals surface area contributed by atoms with Crippen molar-refractivity contribution >= 4 is 39.9 Å². The number of rotatable bonds is 5. The van der Waals surface area contributed by atoms with Crippen LogP contribution in [0.2, 0.25) is 0 Å². The van der Waals surface area contributed by atoms with E-state index in [-0.39, 0.29) is 22.4 Å². The fraction of sp³-hybridized carbons (Fsp3) is 0.409. The first-order valence-electron chi connectivity index (χ1n) is 9.49. The van der Waals surface area contributed by atoms with E-state index in [1.54, 1.807) is 13.2 Å². The van der Waals surface area contributed by atoms with Gasteiger partial charge in [0.25, 0.3) is 5.91 Å². The zero-order valence-corrected chi connectivity index (χ0v) is 19.4. The van der Waals surface area contributed by atoms with Crippen LogP contribution in [0.3, 0.4) is 0 Å². The molecule has 1 N–H and O–H groups in total. The highest BCUT2D eigenvalue weighted by Gasteiger charge is 2.48. The third-order valence-electron chi connectivity index (χ3n) is 5.05. The van der Waals surface area contributed by atoms with Crippen LogP contribution in [0.15, 0.2) is 30.3 Å². The quantitative estimate of drug-likeness (QED) is 0.501. The van der Waals surface area contributed by atoms with Gasteiger partial charge in [-0.1, -0.05) is 20.8 Å².